The normalized spacial score (nSPS) is 11.1. The summed E-state index contributed by atoms with van der Waals surface area (Å²) in [7, 11) is 0. The summed E-state index contributed by atoms with van der Waals surface area (Å²) in [6, 6.07) is 18.1. The van der Waals surface area contributed by atoms with Crippen LogP contribution in [-0.2, 0) is 13.1 Å². The lowest BCUT2D eigenvalue weighted by molar-refractivity contribution is 0.638. The highest BCUT2D eigenvalue weighted by Gasteiger charge is 2.11. The van der Waals surface area contributed by atoms with Gasteiger partial charge in [-0.05, 0) is 24.1 Å². The maximum Gasteiger partial charge on any atom is 0.329 e. The lowest BCUT2D eigenvalue weighted by atomic mass is 10.2. The summed E-state index contributed by atoms with van der Waals surface area (Å²) < 4.78 is 3.73. The molecule has 0 N–H and O–H groups in total. The van der Waals surface area contributed by atoms with Crippen LogP contribution >= 0.6 is 0 Å². The number of imidazole rings is 1. The van der Waals surface area contributed by atoms with Crippen molar-refractivity contribution in [1.82, 2.24) is 9.13 Å². The van der Waals surface area contributed by atoms with Crippen molar-refractivity contribution in [3.05, 3.63) is 70.6 Å². The first kappa shape index (κ1) is 12.7. The molecule has 0 spiro atoms. The molecule has 0 amide bonds. The number of hydrogen-bond donors (Lipinski definition) is 0. The van der Waals surface area contributed by atoms with E-state index >= 15 is 0 Å². The average molecular weight is 266 g/mol. The van der Waals surface area contributed by atoms with E-state index in [1.165, 1.54) is 0 Å². The lowest BCUT2D eigenvalue weighted by Crippen LogP contribution is -2.24. The fourth-order valence-corrected chi connectivity index (χ4v) is 2.63. The van der Waals surface area contributed by atoms with Crippen LogP contribution in [-0.4, -0.2) is 9.13 Å². The number of aryl methyl sites for hydroxylation is 1. The highest BCUT2D eigenvalue weighted by atomic mass is 16.1. The summed E-state index contributed by atoms with van der Waals surface area (Å²) in [6.07, 6.45) is 0.958. The van der Waals surface area contributed by atoms with Crippen LogP contribution in [0.1, 0.15) is 18.9 Å². The molecule has 0 aliphatic heterocycles. The summed E-state index contributed by atoms with van der Waals surface area (Å²) in [6.45, 7) is 3.48. The molecule has 3 nitrogen and oxygen atoms in total. The van der Waals surface area contributed by atoms with E-state index in [1.54, 1.807) is 0 Å². The third kappa shape index (κ3) is 2.16. The molecule has 20 heavy (non-hydrogen) atoms. The third-order valence-corrected chi connectivity index (χ3v) is 3.56. The Morgan fingerprint density at radius 2 is 1.45 bits per heavy atom. The molecule has 2 aromatic carbocycles. The van der Waals surface area contributed by atoms with E-state index in [1.807, 2.05) is 51.6 Å². The van der Waals surface area contributed by atoms with Crippen molar-refractivity contribution >= 4 is 11.0 Å². The van der Waals surface area contributed by atoms with Crippen LogP contribution in [0.2, 0.25) is 0 Å². The van der Waals surface area contributed by atoms with E-state index in [0.717, 1.165) is 29.6 Å². The van der Waals surface area contributed by atoms with Gasteiger partial charge in [-0.3, -0.25) is 9.13 Å². The summed E-state index contributed by atoms with van der Waals surface area (Å²) in [5, 5.41) is 0. The first-order chi connectivity index (χ1) is 9.81. The summed E-state index contributed by atoms with van der Waals surface area (Å²) in [4.78, 5) is 12.6. The van der Waals surface area contributed by atoms with Crippen molar-refractivity contribution in [1.29, 1.82) is 0 Å². The van der Waals surface area contributed by atoms with Crippen molar-refractivity contribution in [2.75, 3.05) is 0 Å². The van der Waals surface area contributed by atoms with E-state index in [9.17, 15) is 4.79 Å². The molecule has 0 saturated carbocycles. The van der Waals surface area contributed by atoms with Crippen molar-refractivity contribution in [3.63, 3.8) is 0 Å². The molecule has 0 aliphatic rings. The Morgan fingerprint density at radius 3 is 2.10 bits per heavy atom. The van der Waals surface area contributed by atoms with Crippen molar-refractivity contribution < 1.29 is 0 Å². The number of aromatic nitrogens is 2. The molecule has 0 aliphatic carbocycles. The van der Waals surface area contributed by atoms with Gasteiger partial charge in [0.05, 0.1) is 17.6 Å². The summed E-state index contributed by atoms with van der Waals surface area (Å²) >= 11 is 0. The molecule has 3 rings (SSSR count). The Hall–Kier alpha value is -2.29. The minimum absolute atomic E-state index is 0.0805. The van der Waals surface area contributed by atoms with Crippen LogP contribution in [0.15, 0.2) is 59.4 Å². The second-order valence-corrected chi connectivity index (χ2v) is 4.99. The molecule has 102 valence electrons. The van der Waals surface area contributed by atoms with E-state index < -0.39 is 0 Å². The van der Waals surface area contributed by atoms with Gasteiger partial charge in [-0.2, -0.15) is 0 Å². The first-order valence-corrected chi connectivity index (χ1v) is 7.03. The zero-order chi connectivity index (χ0) is 13.9. The lowest BCUT2D eigenvalue weighted by Gasteiger charge is -2.03. The van der Waals surface area contributed by atoms with E-state index in [-0.39, 0.29) is 5.69 Å². The maximum absolute atomic E-state index is 12.6. The smallest absolute Gasteiger partial charge is 0.292 e. The molecule has 0 fully saturated rings. The van der Waals surface area contributed by atoms with E-state index in [2.05, 4.69) is 19.1 Å². The predicted molar refractivity (Wildman–Crippen MR) is 82.0 cm³/mol. The summed E-state index contributed by atoms with van der Waals surface area (Å²) in [5.74, 6) is 0. The fraction of sp³-hybridized carbons (Fsp3) is 0.235. The van der Waals surface area contributed by atoms with Gasteiger partial charge in [0.25, 0.3) is 0 Å². The Labute approximate surface area is 118 Å². The maximum atomic E-state index is 12.6. The van der Waals surface area contributed by atoms with Crippen molar-refractivity contribution in [2.45, 2.75) is 26.4 Å². The number of para-hydroxylation sites is 2. The van der Waals surface area contributed by atoms with Crippen LogP contribution in [0.5, 0.6) is 0 Å². The molecule has 3 aromatic rings. The molecule has 1 aromatic heterocycles. The van der Waals surface area contributed by atoms with Crippen molar-refractivity contribution in [2.24, 2.45) is 0 Å². The molecular formula is C17H18N2O. The second-order valence-electron chi connectivity index (χ2n) is 4.99. The minimum Gasteiger partial charge on any atom is -0.292 e. The zero-order valence-corrected chi connectivity index (χ0v) is 11.6. The highest BCUT2D eigenvalue weighted by Crippen LogP contribution is 2.14. The fourth-order valence-electron chi connectivity index (χ4n) is 2.63. The van der Waals surface area contributed by atoms with E-state index in [0.29, 0.717) is 6.54 Å². The average Bonchev–Trinajstić information content (AvgIpc) is 2.75. The van der Waals surface area contributed by atoms with Crippen LogP contribution in [0.4, 0.5) is 0 Å². The van der Waals surface area contributed by atoms with Crippen LogP contribution < -0.4 is 5.69 Å². The molecule has 0 saturated heterocycles. The molecule has 0 radical (unpaired) electrons. The Morgan fingerprint density at radius 1 is 0.850 bits per heavy atom. The largest absolute Gasteiger partial charge is 0.329 e. The van der Waals surface area contributed by atoms with Crippen LogP contribution in [0, 0.1) is 0 Å². The number of hydrogen-bond acceptors (Lipinski definition) is 1. The molecule has 1 heterocycles. The van der Waals surface area contributed by atoms with Gasteiger partial charge < -0.3 is 0 Å². The van der Waals surface area contributed by atoms with Gasteiger partial charge in [-0.25, -0.2) is 4.79 Å². The molecule has 0 bridgehead atoms. The van der Waals surface area contributed by atoms with Crippen molar-refractivity contribution in [3.8, 4) is 0 Å². The Bertz CT molecular complexity index is 769. The van der Waals surface area contributed by atoms with Gasteiger partial charge in [-0.15, -0.1) is 0 Å². The van der Waals surface area contributed by atoms with Crippen LogP contribution in [0.25, 0.3) is 11.0 Å². The highest BCUT2D eigenvalue weighted by molar-refractivity contribution is 5.76. The van der Waals surface area contributed by atoms with Gasteiger partial charge in [0.1, 0.15) is 0 Å². The van der Waals surface area contributed by atoms with E-state index in [4.69, 9.17) is 0 Å². The van der Waals surface area contributed by atoms with Gasteiger partial charge in [0.15, 0.2) is 0 Å². The first-order valence-electron chi connectivity index (χ1n) is 7.03. The summed E-state index contributed by atoms with van der Waals surface area (Å²) in [5.41, 5.74) is 3.26. The van der Waals surface area contributed by atoms with Crippen LogP contribution in [0.3, 0.4) is 0 Å². The van der Waals surface area contributed by atoms with Gasteiger partial charge >= 0.3 is 5.69 Å². The Balaban J connectivity index is 2.15. The Kier molecular flexibility index (Phi) is 3.42. The molecular weight excluding hydrogens is 248 g/mol. The van der Waals surface area contributed by atoms with Gasteiger partial charge in [0, 0.05) is 6.54 Å². The standard InChI is InChI=1S/C17H18N2O/c1-2-12-18-15-10-6-7-11-16(15)19(17(18)20)13-14-8-4-3-5-9-14/h3-11H,2,12-13H2,1H3. The number of nitrogens with zero attached hydrogens (tertiary/aromatic N) is 2. The van der Waals surface area contributed by atoms with Gasteiger partial charge in [-0.1, -0.05) is 49.4 Å². The topological polar surface area (TPSA) is 26.9 Å². The number of rotatable bonds is 4. The zero-order valence-electron chi connectivity index (χ0n) is 11.6. The second kappa shape index (κ2) is 5.37. The molecule has 0 atom stereocenters. The quantitative estimate of drug-likeness (QED) is 0.712. The number of benzene rings is 2. The monoisotopic (exact) mass is 266 g/mol. The molecule has 3 heteroatoms. The number of fused-ring (bicyclic) bond motifs is 1. The minimum atomic E-state index is 0.0805. The van der Waals surface area contributed by atoms with Gasteiger partial charge in [0.2, 0.25) is 0 Å². The third-order valence-electron chi connectivity index (χ3n) is 3.56. The SMILES string of the molecule is CCCn1c(=O)n(Cc2ccccc2)c2ccccc21. The molecule has 0 unspecified atom stereocenters. The predicted octanol–water partition coefficient (Wildman–Crippen LogP) is 3.26.